The Morgan fingerprint density at radius 2 is 2.20 bits per heavy atom. The van der Waals surface area contributed by atoms with Crippen LogP contribution >= 0.6 is 0 Å². The minimum Gasteiger partial charge on any atom is -0.317 e. The Morgan fingerprint density at radius 3 is 2.73 bits per heavy atom. The van der Waals surface area contributed by atoms with Crippen LogP contribution in [0.3, 0.4) is 0 Å². The molecule has 0 saturated heterocycles. The van der Waals surface area contributed by atoms with E-state index in [4.69, 9.17) is 0 Å². The van der Waals surface area contributed by atoms with Gasteiger partial charge in [0.25, 0.3) is 0 Å². The van der Waals surface area contributed by atoms with Crippen LogP contribution in [0.4, 0.5) is 0 Å². The van der Waals surface area contributed by atoms with Crippen molar-refractivity contribution in [1.29, 1.82) is 0 Å². The molecule has 0 amide bonds. The second-order valence-electron chi connectivity index (χ2n) is 3.33. The van der Waals surface area contributed by atoms with Crippen LogP contribution in [0.15, 0.2) is 0 Å². The zero-order valence-electron chi connectivity index (χ0n) is 9.49. The standard InChI is InChI=1S/C9H18N4OS/c1-4-15(14)6-5-10-7-9-12-11-8(2)13(9)3/h10H,4-7H2,1-3H3. The van der Waals surface area contributed by atoms with Crippen molar-refractivity contribution >= 4 is 10.8 Å². The number of nitrogens with one attached hydrogen (secondary N) is 1. The van der Waals surface area contributed by atoms with Crippen LogP contribution in [0, 0.1) is 6.92 Å². The highest BCUT2D eigenvalue weighted by atomic mass is 32.2. The molecule has 0 saturated carbocycles. The zero-order valence-corrected chi connectivity index (χ0v) is 10.3. The fourth-order valence-corrected chi connectivity index (χ4v) is 1.80. The van der Waals surface area contributed by atoms with Gasteiger partial charge in [-0.2, -0.15) is 0 Å². The van der Waals surface area contributed by atoms with E-state index < -0.39 is 10.8 Å². The fraction of sp³-hybridized carbons (Fsp3) is 0.778. The molecule has 1 atom stereocenters. The van der Waals surface area contributed by atoms with Crippen LogP contribution in [0.1, 0.15) is 18.6 Å². The Morgan fingerprint density at radius 1 is 1.47 bits per heavy atom. The second kappa shape index (κ2) is 5.97. The highest BCUT2D eigenvalue weighted by Gasteiger charge is 2.03. The first-order valence-corrected chi connectivity index (χ1v) is 6.54. The number of hydrogen-bond donors (Lipinski definition) is 1. The molecular formula is C9H18N4OS. The van der Waals surface area contributed by atoms with Gasteiger partial charge in [0.05, 0.1) is 6.54 Å². The number of nitrogens with zero attached hydrogens (tertiary/aromatic N) is 3. The molecule has 1 rings (SSSR count). The Labute approximate surface area is 92.7 Å². The summed E-state index contributed by atoms with van der Waals surface area (Å²) in [7, 11) is 1.25. The van der Waals surface area contributed by atoms with Crippen molar-refractivity contribution in [3.63, 3.8) is 0 Å². The van der Waals surface area contributed by atoms with Gasteiger partial charge in [-0.15, -0.1) is 10.2 Å². The van der Waals surface area contributed by atoms with Gasteiger partial charge in [0.15, 0.2) is 0 Å². The lowest BCUT2D eigenvalue weighted by Gasteiger charge is -2.03. The van der Waals surface area contributed by atoms with E-state index in [1.165, 1.54) is 0 Å². The van der Waals surface area contributed by atoms with Crippen molar-refractivity contribution in [2.24, 2.45) is 7.05 Å². The lowest BCUT2D eigenvalue weighted by atomic mass is 10.5. The topological polar surface area (TPSA) is 59.8 Å². The number of aryl methyl sites for hydroxylation is 1. The van der Waals surface area contributed by atoms with Crippen LogP contribution in [0.25, 0.3) is 0 Å². The smallest absolute Gasteiger partial charge is 0.146 e. The molecule has 1 heterocycles. The van der Waals surface area contributed by atoms with Gasteiger partial charge in [0.2, 0.25) is 0 Å². The SMILES string of the molecule is CCS(=O)CCNCc1nnc(C)n1C. The fourth-order valence-electron chi connectivity index (χ4n) is 1.14. The van der Waals surface area contributed by atoms with E-state index in [2.05, 4.69) is 15.5 Å². The Kier molecular flexibility index (Phi) is 4.90. The van der Waals surface area contributed by atoms with Crippen molar-refractivity contribution in [3.8, 4) is 0 Å². The van der Waals surface area contributed by atoms with Crippen LogP contribution in [0.2, 0.25) is 0 Å². The normalized spacial score (nSPS) is 13.0. The maximum Gasteiger partial charge on any atom is 0.146 e. The van der Waals surface area contributed by atoms with Gasteiger partial charge < -0.3 is 9.88 Å². The number of hydrogen-bond acceptors (Lipinski definition) is 4. The third kappa shape index (κ3) is 3.71. The summed E-state index contributed by atoms with van der Waals surface area (Å²) in [4.78, 5) is 0. The molecule has 1 unspecified atom stereocenters. The van der Waals surface area contributed by atoms with Gasteiger partial charge in [0, 0.05) is 35.9 Å². The minimum absolute atomic E-state index is 0.679. The molecule has 0 spiro atoms. The van der Waals surface area contributed by atoms with Crippen LogP contribution < -0.4 is 5.32 Å². The molecular weight excluding hydrogens is 212 g/mol. The molecule has 1 aromatic rings. The van der Waals surface area contributed by atoms with E-state index >= 15 is 0 Å². The summed E-state index contributed by atoms with van der Waals surface area (Å²) in [6.45, 7) is 5.29. The van der Waals surface area contributed by atoms with E-state index in [1.54, 1.807) is 0 Å². The average molecular weight is 230 g/mol. The Balaban J connectivity index is 2.26. The maximum atomic E-state index is 11.1. The molecule has 1 N–H and O–H groups in total. The third-order valence-corrected chi connectivity index (χ3v) is 3.60. The lowest BCUT2D eigenvalue weighted by Crippen LogP contribution is -2.22. The first kappa shape index (κ1) is 12.3. The number of rotatable bonds is 6. The molecule has 0 radical (unpaired) electrons. The van der Waals surface area contributed by atoms with E-state index in [-0.39, 0.29) is 0 Å². The molecule has 0 aliphatic rings. The monoisotopic (exact) mass is 230 g/mol. The van der Waals surface area contributed by atoms with E-state index in [1.807, 2.05) is 25.5 Å². The summed E-state index contributed by atoms with van der Waals surface area (Å²) in [5, 5.41) is 11.2. The first-order valence-electron chi connectivity index (χ1n) is 5.05. The van der Waals surface area contributed by atoms with E-state index in [0.29, 0.717) is 12.3 Å². The minimum atomic E-state index is -0.690. The van der Waals surface area contributed by atoms with Crippen LogP contribution in [-0.2, 0) is 24.4 Å². The summed E-state index contributed by atoms with van der Waals surface area (Å²) >= 11 is 0. The molecule has 0 bridgehead atoms. The highest BCUT2D eigenvalue weighted by molar-refractivity contribution is 7.84. The average Bonchev–Trinajstić information content (AvgIpc) is 2.55. The largest absolute Gasteiger partial charge is 0.317 e. The summed E-state index contributed by atoms with van der Waals surface area (Å²) < 4.78 is 13.1. The molecule has 0 aliphatic heterocycles. The predicted octanol–water partition coefficient (Wildman–Crippen LogP) is -0.0183. The summed E-state index contributed by atoms with van der Waals surface area (Å²) in [6.07, 6.45) is 0. The quantitative estimate of drug-likeness (QED) is 0.698. The molecule has 0 aliphatic carbocycles. The molecule has 6 heteroatoms. The van der Waals surface area contributed by atoms with E-state index in [0.717, 1.165) is 23.9 Å². The maximum absolute atomic E-state index is 11.1. The summed E-state index contributed by atoms with van der Waals surface area (Å²) in [5.41, 5.74) is 0. The van der Waals surface area contributed by atoms with Gasteiger partial charge in [-0.05, 0) is 6.92 Å². The van der Waals surface area contributed by atoms with Crippen molar-refractivity contribution in [1.82, 2.24) is 20.1 Å². The van der Waals surface area contributed by atoms with Crippen LogP contribution in [-0.4, -0.2) is 37.0 Å². The predicted molar refractivity (Wildman–Crippen MR) is 61.0 cm³/mol. The van der Waals surface area contributed by atoms with Crippen molar-refractivity contribution in [2.45, 2.75) is 20.4 Å². The first-order chi connectivity index (χ1) is 7.15. The second-order valence-corrected chi connectivity index (χ2v) is 5.20. The van der Waals surface area contributed by atoms with Crippen LogP contribution in [0.5, 0.6) is 0 Å². The van der Waals surface area contributed by atoms with Gasteiger partial charge in [0.1, 0.15) is 11.6 Å². The van der Waals surface area contributed by atoms with Gasteiger partial charge >= 0.3 is 0 Å². The van der Waals surface area contributed by atoms with E-state index in [9.17, 15) is 4.21 Å². The van der Waals surface area contributed by atoms with Gasteiger partial charge in [-0.1, -0.05) is 6.92 Å². The molecule has 15 heavy (non-hydrogen) atoms. The highest BCUT2D eigenvalue weighted by Crippen LogP contribution is 1.96. The van der Waals surface area contributed by atoms with Gasteiger partial charge in [-0.25, -0.2) is 0 Å². The Bertz CT molecular complexity index is 337. The molecule has 5 nitrogen and oxygen atoms in total. The molecule has 0 aromatic carbocycles. The Hall–Kier alpha value is -0.750. The van der Waals surface area contributed by atoms with Crippen molar-refractivity contribution in [3.05, 3.63) is 11.6 Å². The third-order valence-electron chi connectivity index (χ3n) is 2.29. The molecule has 86 valence electrons. The number of aromatic nitrogens is 3. The molecule has 0 fully saturated rings. The van der Waals surface area contributed by atoms with Crippen molar-refractivity contribution in [2.75, 3.05) is 18.1 Å². The summed E-state index contributed by atoms with van der Waals surface area (Å²) in [5.74, 6) is 3.25. The van der Waals surface area contributed by atoms with Crippen molar-refractivity contribution < 1.29 is 4.21 Å². The zero-order chi connectivity index (χ0) is 11.3. The lowest BCUT2D eigenvalue weighted by molar-refractivity contribution is 0.648. The van der Waals surface area contributed by atoms with Gasteiger partial charge in [-0.3, -0.25) is 4.21 Å². The molecule has 1 aromatic heterocycles. The summed E-state index contributed by atoms with van der Waals surface area (Å²) in [6, 6.07) is 0.